The number of aliphatic imine (C=N–C) groups is 1. The van der Waals surface area contributed by atoms with Crippen LogP contribution < -0.4 is 5.32 Å². The lowest BCUT2D eigenvalue weighted by Crippen LogP contribution is -2.30. The quantitative estimate of drug-likeness (QED) is 0.845. The Kier molecular flexibility index (Phi) is 3.87. The number of fused-ring (bicyclic) bond motifs is 2. The van der Waals surface area contributed by atoms with Crippen LogP contribution in [0.4, 0.5) is 0 Å². The monoisotopic (exact) mass is 294 g/mol. The van der Waals surface area contributed by atoms with Crippen molar-refractivity contribution in [2.45, 2.75) is 70.1 Å². The Bertz CT molecular complexity index is 434. The number of nitrogens with one attached hydrogen (secondary N) is 1. The predicted molar refractivity (Wildman–Crippen MR) is 84.9 cm³/mol. The largest absolute Gasteiger partial charge is 0.304 e. The first-order chi connectivity index (χ1) is 9.49. The maximum atomic E-state index is 12.0. The lowest BCUT2D eigenvalue weighted by Gasteiger charge is -2.25. The minimum Gasteiger partial charge on any atom is -0.304 e. The molecule has 4 atom stereocenters. The Balaban J connectivity index is 1.79. The van der Waals surface area contributed by atoms with Crippen molar-refractivity contribution in [2.75, 3.05) is 0 Å². The summed E-state index contributed by atoms with van der Waals surface area (Å²) < 4.78 is 0. The molecule has 1 saturated heterocycles. The first kappa shape index (κ1) is 14.4. The Morgan fingerprint density at radius 3 is 2.85 bits per heavy atom. The molecular formula is C16H26N2OS. The lowest BCUT2D eigenvalue weighted by molar-refractivity contribution is -0.119. The maximum absolute atomic E-state index is 12.0. The van der Waals surface area contributed by atoms with Gasteiger partial charge in [-0.1, -0.05) is 51.8 Å². The molecule has 0 aromatic heterocycles. The van der Waals surface area contributed by atoms with Crippen molar-refractivity contribution in [1.82, 2.24) is 5.32 Å². The van der Waals surface area contributed by atoms with E-state index in [0.29, 0.717) is 5.92 Å². The van der Waals surface area contributed by atoms with Crippen LogP contribution in [0.3, 0.4) is 0 Å². The van der Waals surface area contributed by atoms with Crippen LogP contribution in [0.15, 0.2) is 4.99 Å². The van der Waals surface area contributed by atoms with Crippen molar-refractivity contribution in [2.24, 2.45) is 22.7 Å². The number of amidine groups is 1. The van der Waals surface area contributed by atoms with E-state index in [1.165, 1.54) is 38.5 Å². The van der Waals surface area contributed by atoms with E-state index in [-0.39, 0.29) is 16.7 Å². The summed E-state index contributed by atoms with van der Waals surface area (Å²) in [5, 5.41) is 3.96. The number of hydrogen-bond donors (Lipinski definition) is 1. The number of hydrogen-bond acceptors (Lipinski definition) is 3. The van der Waals surface area contributed by atoms with Gasteiger partial charge in [0.1, 0.15) is 0 Å². The molecule has 1 aliphatic heterocycles. The van der Waals surface area contributed by atoms with Gasteiger partial charge in [0.25, 0.3) is 0 Å². The van der Waals surface area contributed by atoms with Crippen LogP contribution in [-0.4, -0.2) is 21.9 Å². The van der Waals surface area contributed by atoms with Gasteiger partial charge in [0, 0.05) is 0 Å². The molecule has 4 unspecified atom stereocenters. The van der Waals surface area contributed by atoms with Gasteiger partial charge in [0.05, 0.1) is 10.8 Å². The van der Waals surface area contributed by atoms with E-state index in [1.807, 2.05) is 0 Å². The zero-order chi connectivity index (χ0) is 14.3. The first-order valence-corrected chi connectivity index (χ1v) is 8.94. The highest BCUT2D eigenvalue weighted by atomic mass is 32.2. The standard InChI is InChI=1S/C16H26N2OS/c1-10(2)13-14(19)17-15(20-13)18-16-7-5-4-6-12(9-16)11(3)8-16/h10-13H,4-9H2,1-3H3,(H,17,18,19). The van der Waals surface area contributed by atoms with E-state index < -0.39 is 0 Å². The average molecular weight is 294 g/mol. The predicted octanol–water partition coefficient (Wildman–Crippen LogP) is 3.59. The molecule has 2 aliphatic carbocycles. The summed E-state index contributed by atoms with van der Waals surface area (Å²) >= 11 is 1.65. The fraction of sp³-hybridized carbons (Fsp3) is 0.875. The highest BCUT2D eigenvalue weighted by Crippen LogP contribution is 2.49. The van der Waals surface area contributed by atoms with Gasteiger partial charge >= 0.3 is 0 Å². The number of carbonyl (C=O) groups is 1. The van der Waals surface area contributed by atoms with Crippen LogP contribution in [0.2, 0.25) is 0 Å². The highest BCUT2D eigenvalue weighted by Gasteiger charge is 2.45. The van der Waals surface area contributed by atoms with Crippen LogP contribution in [0.25, 0.3) is 0 Å². The van der Waals surface area contributed by atoms with Crippen molar-refractivity contribution in [3.63, 3.8) is 0 Å². The normalized spacial score (nSPS) is 43.1. The van der Waals surface area contributed by atoms with Crippen molar-refractivity contribution in [3.05, 3.63) is 0 Å². The van der Waals surface area contributed by atoms with Crippen LogP contribution >= 0.6 is 11.8 Å². The summed E-state index contributed by atoms with van der Waals surface area (Å²) in [4.78, 5) is 17.1. The summed E-state index contributed by atoms with van der Waals surface area (Å²) in [6.45, 7) is 6.60. The minimum absolute atomic E-state index is 0.0468. The Morgan fingerprint density at radius 2 is 2.15 bits per heavy atom. The summed E-state index contributed by atoms with van der Waals surface area (Å²) in [6.07, 6.45) is 7.69. The molecule has 3 aliphatic rings. The van der Waals surface area contributed by atoms with E-state index in [9.17, 15) is 4.79 Å². The molecule has 3 nitrogen and oxygen atoms in total. The fourth-order valence-corrected chi connectivity index (χ4v) is 5.31. The van der Waals surface area contributed by atoms with E-state index in [0.717, 1.165) is 17.0 Å². The maximum Gasteiger partial charge on any atom is 0.239 e. The van der Waals surface area contributed by atoms with E-state index in [4.69, 9.17) is 4.99 Å². The van der Waals surface area contributed by atoms with Crippen LogP contribution in [0, 0.1) is 17.8 Å². The van der Waals surface area contributed by atoms with Gasteiger partial charge in [-0.15, -0.1) is 0 Å². The Hall–Kier alpha value is -0.510. The number of rotatable bonds is 2. The SMILES string of the molecule is CC(C)C1SC(=NC23CCCCC(C2)C(C)C3)NC1=O. The molecular weight excluding hydrogens is 268 g/mol. The molecule has 0 spiro atoms. The molecule has 1 N–H and O–H groups in total. The van der Waals surface area contributed by atoms with Crippen LogP contribution in [0.5, 0.6) is 0 Å². The average Bonchev–Trinajstić information content (AvgIpc) is 2.77. The molecule has 2 saturated carbocycles. The molecule has 2 bridgehead atoms. The molecule has 20 heavy (non-hydrogen) atoms. The first-order valence-electron chi connectivity index (χ1n) is 8.06. The van der Waals surface area contributed by atoms with Gasteiger partial charge in [0.15, 0.2) is 5.17 Å². The van der Waals surface area contributed by atoms with E-state index in [2.05, 4.69) is 26.1 Å². The molecule has 0 aromatic rings. The van der Waals surface area contributed by atoms with Crippen molar-refractivity contribution < 1.29 is 4.79 Å². The van der Waals surface area contributed by atoms with Gasteiger partial charge in [0.2, 0.25) is 5.91 Å². The van der Waals surface area contributed by atoms with Crippen LogP contribution in [0.1, 0.15) is 59.3 Å². The summed E-state index contributed by atoms with van der Waals surface area (Å²) in [5.74, 6) is 2.17. The smallest absolute Gasteiger partial charge is 0.239 e. The third-order valence-electron chi connectivity index (χ3n) is 5.29. The second-order valence-electron chi connectivity index (χ2n) is 7.30. The van der Waals surface area contributed by atoms with Crippen molar-refractivity contribution >= 4 is 22.8 Å². The van der Waals surface area contributed by atoms with E-state index in [1.54, 1.807) is 11.8 Å². The second-order valence-corrected chi connectivity index (χ2v) is 8.43. The molecule has 4 heteroatoms. The molecule has 1 amide bonds. The number of carbonyl (C=O) groups excluding carboxylic acids is 1. The fourth-order valence-electron chi connectivity index (χ4n) is 4.23. The van der Waals surface area contributed by atoms with Gasteiger partial charge in [-0.05, 0) is 37.0 Å². The van der Waals surface area contributed by atoms with Gasteiger partial charge in [-0.2, -0.15) is 0 Å². The second kappa shape index (κ2) is 5.36. The molecule has 3 rings (SSSR count). The number of thioether (sulfide) groups is 1. The highest BCUT2D eigenvalue weighted by molar-refractivity contribution is 8.15. The van der Waals surface area contributed by atoms with Crippen LogP contribution in [-0.2, 0) is 4.79 Å². The Morgan fingerprint density at radius 1 is 1.35 bits per heavy atom. The molecule has 0 radical (unpaired) electrons. The van der Waals surface area contributed by atoms with Gasteiger partial charge in [-0.3, -0.25) is 9.79 Å². The summed E-state index contributed by atoms with van der Waals surface area (Å²) in [5.41, 5.74) is 0.127. The third-order valence-corrected chi connectivity index (χ3v) is 6.72. The number of amides is 1. The van der Waals surface area contributed by atoms with Crippen molar-refractivity contribution in [3.8, 4) is 0 Å². The molecule has 3 fully saturated rings. The number of nitrogens with zero attached hydrogens (tertiary/aromatic N) is 1. The van der Waals surface area contributed by atoms with Gasteiger partial charge in [-0.25, -0.2) is 0 Å². The minimum atomic E-state index is 0.0468. The third kappa shape index (κ3) is 2.63. The van der Waals surface area contributed by atoms with E-state index >= 15 is 0 Å². The van der Waals surface area contributed by atoms with Crippen molar-refractivity contribution in [1.29, 1.82) is 0 Å². The van der Waals surface area contributed by atoms with Gasteiger partial charge < -0.3 is 5.32 Å². The zero-order valence-corrected chi connectivity index (χ0v) is 13.6. The molecule has 1 heterocycles. The summed E-state index contributed by atoms with van der Waals surface area (Å²) in [6, 6.07) is 0. The zero-order valence-electron chi connectivity index (χ0n) is 12.8. The Labute approximate surface area is 126 Å². The topological polar surface area (TPSA) is 41.5 Å². The summed E-state index contributed by atoms with van der Waals surface area (Å²) in [7, 11) is 0. The lowest BCUT2D eigenvalue weighted by atomic mass is 9.89. The molecule has 112 valence electrons. The molecule has 0 aromatic carbocycles.